The SMILES string of the molecule is CCC(CN(OC(C)c1ccc(CO)cc1)C(C)(C)C)c1ccccc1. The van der Waals surface area contributed by atoms with E-state index in [0.717, 1.165) is 24.1 Å². The monoisotopic (exact) mass is 355 g/mol. The van der Waals surface area contributed by atoms with Gasteiger partial charge in [-0.1, -0.05) is 61.5 Å². The summed E-state index contributed by atoms with van der Waals surface area (Å²) < 4.78 is 0. The van der Waals surface area contributed by atoms with Crippen LogP contribution in [0.15, 0.2) is 54.6 Å². The van der Waals surface area contributed by atoms with Gasteiger partial charge in [-0.25, -0.2) is 0 Å². The fourth-order valence-corrected chi connectivity index (χ4v) is 3.02. The summed E-state index contributed by atoms with van der Waals surface area (Å²) in [6.45, 7) is 11.8. The first-order valence-corrected chi connectivity index (χ1v) is 9.54. The Morgan fingerprint density at radius 1 is 0.962 bits per heavy atom. The molecule has 3 heteroatoms. The molecule has 26 heavy (non-hydrogen) atoms. The molecule has 2 aromatic rings. The second-order valence-electron chi connectivity index (χ2n) is 7.90. The molecule has 0 bridgehead atoms. The van der Waals surface area contributed by atoms with E-state index >= 15 is 0 Å². The van der Waals surface area contributed by atoms with Crippen LogP contribution in [0.25, 0.3) is 0 Å². The zero-order valence-electron chi connectivity index (χ0n) is 16.8. The summed E-state index contributed by atoms with van der Waals surface area (Å²) in [6.07, 6.45) is 1.02. The van der Waals surface area contributed by atoms with Crippen LogP contribution in [0.4, 0.5) is 0 Å². The maximum Gasteiger partial charge on any atom is 0.101 e. The normalized spacial score (nSPS) is 14.4. The van der Waals surface area contributed by atoms with Gasteiger partial charge < -0.3 is 5.11 Å². The van der Waals surface area contributed by atoms with Crippen molar-refractivity contribution in [1.82, 2.24) is 5.06 Å². The molecule has 142 valence electrons. The van der Waals surface area contributed by atoms with E-state index in [-0.39, 0.29) is 18.2 Å². The molecule has 0 fully saturated rings. The Hall–Kier alpha value is -1.68. The lowest BCUT2D eigenvalue weighted by Crippen LogP contribution is -2.44. The van der Waals surface area contributed by atoms with E-state index in [4.69, 9.17) is 4.84 Å². The van der Waals surface area contributed by atoms with Crippen LogP contribution in [0, 0.1) is 0 Å². The first-order valence-electron chi connectivity index (χ1n) is 9.54. The highest BCUT2D eigenvalue weighted by Crippen LogP contribution is 2.28. The summed E-state index contributed by atoms with van der Waals surface area (Å²) in [5, 5.41) is 11.3. The van der Waals surface area contributed by atoms with Crippen molar-refractivity contribution < 1.29 is 9.94 Å². The average Bonchev–Trinajstić information content (AvgIpc) is 2.64. The second kappa shape index (κ2) is 9.31. The van der Waals surface area contributed by atoms with Crippen LogP contribution >= 0.6 is 0 Å². The van der Waals surface area contributed by atoms with Crippen LogP contribution in [0.5, 0.6) is 0 Å². The molecule has 2 unspecified atom stereocenters. The van der Waals surface area contributed by atoms with Gasteiger partial charge in [0.15, 0.2) is 0 Å². The van der Waals surface area contributed by atoms with Crippen molar-refractivity contribution in [3.05, 3.63) is 71.3 Å². The van der Waals surface area contributed by atoms with Crippen LogP contribution in [-0.4, -0.2) is 22.3 Å². The van der Waals surface area contributed by atoms with Crippen LogP contribution in [0.1, 0.15) is 69.8 Å². The van der Waals surface area contributed by atoms with Crippen LogP contribution in [0.2, 0.25) is 0 Å². The first-order chi connectivity index (χ1) is 12.3. The van der Waals surface area contributed by atoms with Crippen molar-refractivity contribution in [3.63, 3.8) is 0 Å². The molecule has 0 radical (unpaired) electrons. The molecule has 0 amide bonds. The van der Waals surface area contributed by atoms with Crippen molar-refractivity contribution in [3.8, 4) is 0 Å². The molecular formula is C23H33NO2. The molecule has 0 aromatic heterocycles. The Morgan fingerprint density at radius 2 is 1.58 bits per heavy atom. The summed E-state index contributed by atoms with van der Waals surface area (Å²) in [4.78, 5) is 6.40. The molecule has 0 saturated heterocycles. The highest BCUT2D eigenvalue weighted by Gasteiger charge is 2.27. The van der Waals surface area contributed by atoms with Crippen molar-refractivity contribution in [2.45, 2.75) is 65.2 Å². The fourth-order valence-electron chi connectivity index (χ4n) is 3.02. The van der Waals surface area contributed by atoms with E-state index in [0.29, 0.717) is 5.92 Å². The maximum absolute atomic E-state index is 9.21. The zero-order chi connectivity index (χ0) is 19.2. The molecule has 0 heterocycles. The molecule has 2 aromatic carbocycles. The Labute approximate surface area is 158 Å². The van der Waals surface area contributed by atoms with Gasteiger partial charge in [-0.15, -0.1) is 0 Å². The number of hydrogen-bond donors (Lipinski definition) is 1. The van der Waals surface area contributed by atoms with Crippen LogP contribution in [-0.2, 0) is 11.4 Å². The van der Waals surface area contributed by atoms with Crippen molar-refractivity contribution in [1.29, 1.82) is 0 Å². The number of hydroxylamine groups is 2. The number of aliphatic hydroxyl groups is 1. The second-order valence-corrected chi connectivity index (χ2v) is 7.90. The van der Waals surface area contributed by atoms with Gasteiger partial charge in [0.2, 0.25) is 0 Å². The Balaban J connectivity index is 2.13. The third-order valence-electron chi connectivity index (χ3n) is 4.82. The Morgan fingerprint density at radius 3 is 2.08 bits per heavy atom. The first kappa shape index (κ1) is 20.6. The van der Waals surface area contributed by atoms with E-state index in [1.54, 1.807) is 0 Å². The van der Waals surface area contributed by atoms with Crippen LogP contribution in [0.3, 0.4) is 0 Å². The minimum Gasteiger partial charge on any atom is -0.392 e. The molecule has 3 nitrogen and oxygen atoms in total. The molecule has 0 aliphatic rings. The van der Waals surface area contributed by atoms with Gasteiger partial charge in [0, 0.05) is 12.1 Å². The largest absolute Gasteiger partial charge is 0.392 e. The number of nitrogens with zero attached hydrogens (tertiary/aromatic N) is 1. The van der Waals surface area contributed by atoms with Gasteiger partial charge >= 0.3 is 0 Å². The fraction of sp³-hybridized carbons (Fsp3) is 0.478. The highest BCUT2D eigenvalue weighted by molar-refractivity contribution is 5.23. The number of benzene rings is 2. The molecular weight excluding hydrogens is 322 g/mol. The zero-order valence-corrected chi connectivity index (χ0v) is 16.8. The minimum absolute atomic E-state index is 0.0461. The molecule has 0 spiro atoms. The highest BCUT2D eigenvalue weighted by atomic mass is 16.7. The Kier molecular flexibility index (Phi) is 7.39. The summed E-state index contributed by atoms with van der Waals surface area (Å²) in [5.74, 6) is 0.430. The standard InChI is InChI=1S/C23H33NO2/c1-6-20(22-10-8-7-9-11-22)16-24(23(3,4)5)26-18(2)21-14-12-19(17-25)13-15-21/h7-15,18,20,25H,6,16-17H2,1-5H3. The van der Waals surface area contributed by atoms with E-state index in [1.807, 2.05) is 24.3 Å². The maximum atomic E-state index is 9.21. The Bertz CT molecular complexity index is 646. The summed E-state index contributed by atoms with van der Waals surface area (Å²) >= 11 is 0. The molecule has 0 aliphatic heterocycles. The lowest BCUT2D eigenvalue weighted by molar-refractivity contribution is -0.242. The van der Waals surface area contributed by atoms with E-state index < -0.39 is 0 Å². The predicted octanol–water partition coefficient (Wildman–Crippen LogP) is 5.47. The van der Waals surface area contributed by atoms with Gasteiger partial charge in [0.25, 0.3) is 0 Å². The average molecular weight is 356 g/mol. The van der Waals surface area contributed by atoms with E-state index in [1.165, 1.54) is 5.56 Å². The molecule has 1 N–H and O–H groups in total. The number of aliphatic hydroxyl groups excluding tert-OH is 1. The van der Waals surface area contributed by atoms with E-state index in [9.17, 15) is 5.11 Å². The third-order valence-corrected chi connectivity index (χ3v) is 4.82. The van der Waals surface area contributed by atoms with Gasteiger partial charge in [-0.2, -0.15) is 5.06 Å². The minimum atomic E-state index is -0.0957. The molecule has 0 aliphatic carbocycles. The quantitative estimate of drug-likeness (QED) is 0.638. The van der Waals surface area contributed by atoms with Gasteiger partial charge in [-0.05, 0) is 56.7 Å². The molecule has 0 saturated carbocycles. The third kappa shape index (κ3) is 5.66. The topological polar surface area (TPSA) is 32.7 Å². The lowest BCUT2D eigenvalue weighted by Gasteiger charge is -2.38. The summed E-state index contributed by atoms with van der Waals surface area (Å²) in [7, 11) is 0. The van der Waals surface area contributed by atoms with Crippen LogP contribution < -0.4 is 0 Å². The smallest absolute Gasteiger partial charge is 0.101 e. The molecule has 2 atom stereocenters. The van der Waals surface area contributed by atoms with E-state index in [2.05, 4.69) is 70.0 Å². The molecule has 2 rings (SSSR count). The number of rotatable bonds is 8. The van der Waals surface area contributed by atoms with Gasteiger partial charge in [0.05, 0.1) is 6.61 Å². The van der Waals surface area contributed by atoms with Gasteiger partial charge in [0.1, 0.15) is 6.10 Å². The summed E-state index contributed by atoms with van der Waals surface area (Å²) in [5.41, 5.74) is 3.29. The van der Waals surface area contributed by atoms with Crippen molar-refractivity contribution in [2.75, 3.05) is 6.54 Å². The number of hydrogen-bond acceptors (Lipinski definition) is 3. The van der Waals surface area contributed by atoms with Crippen molar-refractivity contribution >= 4 is 0 Å². The summed E-state index contributed by atoms with van der Waals surface area (Å²) in [6, 6.07) is 18.6. The lowest BCUT2D eigenvalue weighted by atomic mass is 9.95. The predicted molar refractivity (Wildman–Crippen MR) is 108 cm³/mol. The van der Waals surface area contributed by atoms with Crippen molar-refractivity contribution in [2.24, 2.45) is 0 Å². The van der Waals surface area contributed by atoms with Gasteiger partial charge in [-0.3, -0.25) is 4.84 Å².